The van der Waals surface area contributed by atoms with Crippen LogP contribution in [-0.2, 0) is 0 Å². The second-order valence-corrected chi connectivity index (χ2v) is 4.33. The van der Waals surface area contributed by atoms with E-state index in [-0.39, 0.29) is 12.6 Å². The molecular formula is C12H19N7O. The van der Waals surface area contributed by atoms with E-state index in [1.54, 1.807) is 18.5 Å². The van der Waals surface area contributed by atoms with Gasteiger partial charge < -0.3 is 16.2 Å². The van der Waals surface area contributed by atoms with E-state index in [1.165, 1.54) is 4.68 Å². The Hall–Kier alpha value is -2.22. The van der Waals surface area contributed by atoms with Gasteiger partial charge >= 0.3 is 0 Å². The van der Waals surface area contributed by atoms with Crippen LogP contribution in [0.25, 0.3) is 5.95 Å². The lowest BCUT2D eigenvalue weighted by atomic mass is 10.2. The molecular weight excluding hydrogens is 258 g/mol. The third-order valence-corrected chi connectivity index (χ3v) is 2.72. The number of hydrogen-bond acceptors (Lipinski definition) is 7. The van der Waals surface area contributed by atoms with Crippen molar-refractivity contribution in [3.8, 4) is 5.95 Å². The molecule has 0 saturated carbocycles. The first-order valence-corrected chi connectivity index (χ1v) is 6.66. The zero-order valence-electron chi connectivity index (χ0n) is 11.2. The van der Waals surface area contributed by atoms with Crippen molar-refractivity contribution in [3.63, 3.8) is 0 Å². The molecule has 0 spiro atoms. The summed E-state index contributed by atoms with van der Waals surface area (Å²) in [6.07, 6.45) is 7.31. The summed E-state index contributed by atoms with van der Waals surface area (Å²) in [5.74, 6) is 1.00. The van der Waals surface area contributed by atoms with Gasteiger partial charge in [0.15, 0.2) is 0 Å². The Labute approximate surface area is 117 Å². The van der Waals surface area contributed by atoms with E-state index in [9.17, 15) is 0 Å². The number of nitrogens with one attached hydrogen (secondary N) is 1. The maximum atomic E-state index is 8.69. The average molecular weight is 277 g/mol. The van der Waals surface area contributed by atoms with Crippen molar-refractivity contribution in [2.45, 2.75) is 25.7 Å². The number of nitrogens with zero attached hydrogens (tertiary/aromatic N) is 5. The molecule has 0 aliphatic heterocycles. The second-order valence-electron chi connectivity index (χ2n) is 4.33. The molecule has 8 heteroatoms. The Morgan fingerprint density at radius 2 is 2.00 bits per heavy atom. The summed E-state index contributed by atoms with van der Waals surface area (Å²) < 4.78 is 1.53. The molecule has 2 rings (SSSR count). The van der Waals surface area contributed by atoms with Crippen molar-refractivity contribution in [3.05, 3.63) is 18.5 Å². The maximum Gasteiger partial charge on any atom is 0.257 e. The second kappa shape index (κ2) is 7.39. The number of aliphatic hydroxyl groups is 1. The van der Waals surface area contributed by atoms with Gasteiger partial charge in [-0.25, -0.2) is 4.68 Å². The molecule has 0 radical (unpaired) electrons. The molecule has 108 valence electrons. The van der Waals surface area contributed by atoms with Gasteiger partial charge in [0, 0.05) is 25.5 Å². The van der Waals surface area contributed by atoms with Crippen LogP contribution in [-0.4, -0.2) is 43.0 Å². The molecule has 4 N–H and O–H groups in total. The average Bonchev–Trinajstić information content (AvgIpc) is 2.96. The number of hydrogen-bond donors (Lipinski definition) is 3. The van der Waals surface area contributed by atoms with Gasteiger partial charge in [-0.05, 0) is 18.9 Å². The smallest absolute Gasteiger partial charge is 0.257 e. The summed E-state index contributed by atoms with van der Waals surface area (Å²) >= 11 is 0. The zero-order valence-corrected chi connectivity index (χ0v) is 11.2. The van der Waals surface area contributed by atoms with Crippen LogP contribution in [0.15, 0.2) is 18.5 Å². The van der Waals surface area contributed by atoms with Crippen LogP contribution in [0.3, 0.4) is 0 Å². The SMILES string of the molecule is Nc1nc(NCCCCCCO)nc(-n2cccn2)n1. The topological polar surface area (TPSA) is 115 Å². The minimum absolute atomic E-state index is 0.160. The normalized spacial score (nSPS) is 10.7. The van der Waals surface area contributed by atoms with Crippen molar-refractivity contribution < 1.29 is 5.11 Å². The largest absolute Gasteiger partial charge is 0.396 e. The lowest BCUT2D eigenvalue weighted by Gasteiger charge is -2.07. The quantitative estimate of drug-likeness (QED) is 0.605. The molecule has 0 aliphatic rings. The van der Waals surface area contributed by atoms with Crippen molar-refractivity contribution in [2.75, 3.05) is 24.2 Å². The highest BCUT2D eigenvalue weighted by Crippen LogP contribution is 2.07. The lowest BCUT2D eigenvalue weighted by Crippen LogP contribution is -2.12. The van der Waals surface area contributed by atoms with Gasteiger partial charge in [0.25, 0.3) is 5.95 Å². The number of unbranched alkanes of at least 4 members (excludes halogenated alkanes) is 3. The number of aromatic nitrogens is 5. The number of nitrogens with two attached hydrogens (primary N) is 1. The van der Waals surface area contributed by atoms with Crippen molar-refractivity contribution in [2.24, 2.45) is 0 Å². The van der Waals surface area contributed by atoms with Gasteiger partial charge in [0.05, 0.1) is 0 Å². The lowest BCUT2D eigenvalue weighted by molar-refractivity contribution is 0.283. The summed E-state index contributed by atoms with van der Waals surface area (Å²) in [6, 6.07) is 1.79. The van der Waals surface area contributed by atoms with Crippen LogP contribution < -0.4 is 11.1 Å². The van der Waals surface area contributed by atoms with Gasteiger partial charge in [-0.15, -0.1) is 0 Å². The maximum absolute atomic E-state index is 8.69. The number of anilines is 2. The molecule has 2 aromatic heterocycles. The Bertz CT molecular complexity index is 515. The van der Waals surface area contributed by atoms with Crippen LogP contribution in [0.5, 0.6) is 0 Å². The summed E-state index contributed by atoms with van der Waals surface area (Å²) in [5.41, 5.74) is 5.66. The van der Waals surface area contributed by atoms with Crippen LogP contribution >= 0.6 is 0 Å². The molecule has 0 amide bonds. The minimum Gasteiger partial charge on any atom is -0.396 e. The van der Waals surface area contributed by atoms with Crippen molar-refractivity contribution >= 4 is 11.9 Å². The van der Waals surface area contributed by atoms with E-state index >= 15 is 0 Å². The number of rotatable bonds is 8. The van der Waals surface area contributed by atoms with Gasteiger partial charge in [-0.1, -0.05) is 12.8 Å². The van der Waals surface area contributed by atoms with Gasteiger partial charge in [0.1, 0.15) is 0 Å². The number of aliphatic hydroxyl groups excluding tert-OH is 1. The molecule has 2 aromatic rings. The van der Waals surface area contributed by atoms with Crippen molar-refractivity contribution in [1.82, 2.24) is 24.7 Å². The van der Waals surface area contributed by atoms with E-state index in [0.717, 1.165) is 32.2 Å². The summed E-state index contributed by atoms with van der Waals surface area (Å²) in [6.45, 7) is 1.01. The summed E-state index contributed by atoms with van der Waals surface area (Å²) in [5, 5.41) is 15.9. The third-order valence-electron chi connectivity index (χ3n) is 2.72. The zero-order chi connectivity index (χ0) is 14.2. The molecule has 8 nitrogen and oxygen atoms in total. The Balaban J connectivity index is 1.88. The molecule has 0 aromatic carbocycles. The fourth-order valence-electron chi connectivity index (χ4n) is 1.74. The molecule has 2 heterocycles. The molecule has 0 unspecified atom stereocenters. The molecule has 0 atom stereocenters. The van der Waals surface area contributed by atoms with Gasteiger partial charge in [-0.2, -0.15) is 20.1 Å². The van der Waals surface area contributed by atoms with Crippen LogP contribution in [0.4, 0.5) is 11.9 Å². The minimum atomic E-state index is 0.160. The molecule has 0 bridgehead atoms. The predicted octanol–water partition coefficient (Wildman–Crippen LogP) is 0.604. The molecule has 20 heavy (non-hydrogen) atoms. The van der Waals surface area contributed by atoms with Gasteiger partial charge in [-0.3, -0.25) is 0 Å². The Morgan fingerprint density at radius 3 is 2.75 bits per heavy atom. The van der Waals surface area contributed by atoms with E-state index in [1.807, 2.05) is 0 Å². The summed E-state index contributed by atoms with van der Waals surface area (Å²) in [4.78, 5) is 12.3. The first-order valence-electron chi connectivity index (χ1n) is 6.66. The monoisotopic (exact) mass is 277 g/mol. The fraction of sp³-hybridized carbons (Fsp3) is 0.500. The van der Waals surface area contributed by atoms with Crippen LogP contribution in [0.2, 0.25) is 0 Å². The first-order chi connectivity index (χ1) is 9.79. The van der Waals surface area contributed by atoms with E-state index in [0.29, 0.717) is 11.9 Å². The highest BCUT2D eigenvalue weighted by molar-refractivity contribution is 5.34. The highest BCUT2D eigenvalue weighted by atomic mass is 16.2. The Morgan fingerprint density at radius 1 is 1.15 bits per heavy atom. The van der Waals surface area contributed by atoms with Crippen LogP contribution in [0, 0.1) is 0 Å². The van der Waals surface area contributed by atoms with Crippen molar-refractivity contribution in [1.29, 1.82) is 0 Å². The summed E-state index contributed by atoms with van der Waals surface area (Å²) in [7, 11) is 0. The first kappa shape index (κ1) is 14.2. The number of nitrogen functional groups attached to an aromatic ring is 1. The highest BCUT2D eigenvalue weighted by Gasteiger charge is 2.05. The standard InChI is InChI=1S/C12H19N7O/c13-10-16-11(14-6-3-1-2-4-9-20)18-12(17-10)19-8-5-7-15-19/h5,7-8,20H,1-4,6,9H2,(H3,13,14,16,17,18). The van der Waals surface area contributed by atoms with Crippen LogP contribution in [0.1, 0.15) is 25.7 Å². The fourth-order valence-corrected chi connectivity index (χ4v) is 1.74. The van der Waals surface area contributed by atoms with E-state index < -0.39 is 0 Å². The van der Waals surface area contributed by atoms with Gasteiger partial charge in [0.2, 0.25) is 11.9 Å². The molecule has 0 saturated heterocycles. The third kappa shape index (κ3) is 4.16. The molecule has 0 fully saturated rings. The Kier molecular flexibility index (Phi) is 5.24. The predicted molar refractivity (Wildman–Crippen MR) is 75.4 cm³/mol. The molecule has 0 aliphatic carbocycles. The van der Waals surface area contributed by atoms with E-state index in [2.05, 4.69) is 25.4 Å². The van der Waals surface area contributed by atoms with E-state index in [4.69, 9.17) is 10.8 Å².